The fourth-order valence-electron chi connectivity index (χ4n) is 2.71. The number of morpholine rings is 1. The predicted molar refractivity (Wildman–Crippen MR) is 80.8 cm³/mol. The molecule has 1 atom stereocenters. The summed E-state index contributed by atoms with van der Waals surface area (Å²) in [5.74, 6) is -0.661. The Balaban J connectivity index is 1.95. The molecule has 1 aliphatic rings. The molecule has 2 heterocycles. The van der Waals surface area contributed by atoms with Crippen molar-refractivity contribution < 1.29 is 28.6 Å². The van der Waals surface area contributed by atoms with E-state index in [4.69, 9.17) is 19.0 Å². The number of carbonyl (C=O) groups is 2. The number of furan rings is 1. The van der Waals surface area contributed by atoms with Crippen LogP contribution in [0.4, 0.5) is 0 Å². The first kappa shape index (κ1) is 15.4. The van der Waals surface area contributed by atoms with E-state index in [2.05, 4.69) is 0 Å². The van der Waals surface area contributed by atoms with Crippen molar-refractivity contribution in [3.63, 3.8) is 0 Å². The zero-order valence-corrected chi connectivity index (χ0v) is 12.9. The van der Waals surface area contributed by atoms with Crippen molar-refractivity contribution in [2.75, 3.05) is 26.8 Å². The number of carboxylic acid groups (broad SMARTS) is 1. The highest BCUT2D eigenvalue weighted by atomic mass is 16.5. The van der Waals surface area contributed by atoms with Gasteiger partial charge in [0.25, 0.3) is 5.91 Å². The van der Waals surface area contributed by atoms with Gasteiger partial charge in [-0.15, -0.1) is 0 Å². The molecule has 7 heteroatoms. The molecule has 0 spiro atoms. The van der Waals surface area contributed by atoms with Gasteiger partial charge in [-0.3, -0.25) is 4.79 Å². The maximum absolute atomic E-state index is 12.7. The quantitative estimate of drug-likeness (QED) is 0.926. The number of hydrogen-bond acceptors (Lipinski definition) is 5. The predicted octanol–water partition coefficient (Wildman–Crippen LogP) is 1.68. The van der Waals surface area contributed by atoms with Crippen molar-refractivity contribution in [1.82, 2.24) is 4.90 Å². The third kappa shape index (κ3) is 2.63. The van der Waals surface area contributed by atoms with Crippen molar-refractivity contribution in [1.29, 1.82) is 0 Å². The van der Waals surface area contributed by atoms with Crippen molar-refractivity contribution in [2.45, 2.75) is 13.0 Å². The fraction of sp³-hybridized carbons (Fsp3) is 0.375. The summed E-state index contributed by atoms with van der Waals surface area (Å²) in [5.41, 5.74) is 1.22. The number of aliphatic carboxylic acids is 1. The third-order valence-corrected chi connectivity index (χ3v) is 3.97. The van der Waals surface area contributed by atoms with Gasteiger partial charge in [0.1, 0.15) is 0 Å². The molecule has 1 N–H and O–H groups in total. The van der Waals surface area contributed by atoms with Crippen LogP contribution in [0.25, 0.3) is 11.0 Å². The minimum absolute atomic E-state index is 0.00177. The number of rotatable bonds is 3. The molecule has 1 fully saturated rings. The van der Waals surface area contributed by atoms with E-state index in [0.29, 0.717) is 23.4 Å². The first-order chi connectivity index (χ1) is 11.0. The number of para-hydroxylation sites is 1. The van der Waals surface area contributed by atoms with E-state index in [9.17, 15) is 9.59 Å². The molecular weight excluding hydrogens is 302 g/mol. The molecule has 1 aromatic carbocycles. The Hall–Kier alpha value is -2.54. The molecule has 0 saturated carbocycles. The number of methoxy groups -OCH3 is 1. The van der Waals surface area contributed by atoms with Crippen molar-refractivity contribution in [2.24, 2.45) is 0 Å². The lowest BCUT2D eigenvalue weighted by Gasteiger charge is -2.30. The Labute approximate surface area is 132 Å². The molecule has 0 aliphatic carbocycles. The zero-order chi connectivity index (χ0) is 16.6. The molecular formula is C16H17NO6. The Morgan fingerprint density at radius 3 is 2.87 bits per heavy atom. The first-order valence-electron chi connectivity index (χ1n) is 7.22. The fourth-order valence-corrected chi connectivity index (χ4v) is 2.71. The van der Waals surface area contributed by atoms with Gasteiger partial charge >= 0.3 is 5.97 Å². The molecule has 1 amide bonds. The van der Waals surface area contributed by atoms with Gasteiger partial charge in [0.15, 0.2) is 23.2 Å². The van der Waals surface area contributed by atoms with E-state index in [1.165, 1.54) is 12.0 Å². The van der Waals surface area contributed by atoms with Crippen LogP contribution in [-0.2, 0) is 9.53 Å². The number of hydrogen-bond donors (Lipinski definition) is 1. The molecule has 2 aromatic rings. The maximum Gasteiger partial charge on any atom is 0.334 e. The molecule has 1 aromatic heterocycles. The van der Waals surface area contributed by atoms with Crippen molar-refractivity contribution in [3.05, 3.63) is 29.5 Å². The molecule has 1 unspecified atom stereocenters. The van der Waals surface area contributed by atoms with Crippen LogP contribution >= 0.6 is 0 Å². The van der Waals surface area contributed by atoms with Gasteiger partial charge in [-0.05, 0) is 13.0 Å². The summed E-state index contributed by atoms with van der Waals surface area (Å²) in [6, 6.07) is 5.44. The second-order valence-electron chi connectivity index (χ2n) is 5.34. The molecule has 0 radical (unpaired) electrons. The highest BCUT2D eigenvalue weighted by Gasteiger charge is 2.32. The monoisotopic (exact) mass is 319 g/mol. The number of carboxylic acids is 1. The van der Waals surface area contributed by atoms with Gasteiger partial charge in [-0.2, -0.15) is 0 Å². The summed E-state index contributed by atoms with van der Waals surface area (Å²) in [7, 11) is 1.54. The molecule has 1 aliphatic heterocycles. The van der Waals surface area contributed by atoms with Crippen molar-refractivity contribution >= 4 is 22.8 Å². The lowest BCUT2D eigenvalue weighted by Crippen LogP contribution is -2.48. The normalized spacial score (nSPS) is 18.2. The summed E-state index contributed by atoms with van der Waals surface area (Å²) < 4.78 is 16.1. The first-order valence-corrected chi connectivity index (χ1v) is 7.22. The van der Waals surface area contributed by atoms with Crippen LogP contribution in [0, 0.1) is 6.92 Å². The van der Waals surface area contributed by atoms with Gasteiger partial charge in [-0.25, -0.2) is 4.79 Å². The molecule has 0 bridgehead atoms. The van der Waals surface area contributed by atoms with Crippen LogP contribution < -0.4 is 4.74 Å². The lowest BCUT2D eigenvalue weighted by molar-refractivity contribution is -0.154. The molecule has 3 rings (SSSR count). The van der Waals surface area contributed by atoms with E-state index in [-0.39, 0.29) is 24.8 Å². The SMILES string of the molecule is COc1cccc2c(C)c(C(=O)N3CCOC(C(=O)O)C3)oc12. The molecule has 23 heavy (non-hydrogen) atoms. The molecule has 7 nitrogen and oxygen atoms in total. The number of benzene rings is 1. The molecule has 122 valence electrons. The average Bonchev–Trinajstić information content (AvgIpc) is 2.91. The summed E-state index contributed by atoms with van der Waals surface area (Å²) in [6.45, 7) is 2.32. The smallest absolute Gasteiger partial charge is 0.334 e. The highest BCUT2D eigenvalue weighted by molar-refractivity contribution is 6.00. The second-order valence-corrected chi connectivity index (χ2v) is 5.34. The Morgan fingerprint density at radius 2 is 2.17 bits per heavy atom. The van der Waals surface area contributed by atoms with E-state index < -0.39 is 12.1 Å². The van der Waals surface area contributed by atoms with Crippen LogP contribution in [-0.4, -0.2) is 54.8 Å². The standard InChI is InChI=1S/C16H17NO6/c1-9-10-4-3-5-11(21-2)14(10)23-13(9)15(18)17-6-7-22-12(8-17)16(19)20/h3-5,12H,6-8H2,1-2H3,(H,19,20). The maximum atomic E-state index is 12.7. The lowest BCUT2D eigenvalue weighted by atomic mass is 10.1. The van der Waals surface area contributed by atoms with Crippen LogP contribution in [0.3, 0.4) is 0 Å². The van der Waals surface area contributed by atoms with Crippen LogP contribution in [0.2, 0.25) is 0 Å². The van der Waals surface area contributed by atoms with Gasteiger partial charge in [0, 0.05) is 17.5 Å². The van der Waals surface area contributed by atoms with Gasteiger partial charge in [0.05, 0.1) is 20.3 Å². The number of aryl methyl sites for hydroxylation is 1. The van der Waals surface area contributed by atoms with E-state index in [1.807, 2.05) is 12.1 Å². The van der Waals surface area contributed by atoms with E-state index in [1.54, 1.807) is 13.0 Å². The number of ether oxygens (including phenoxy) is 2. The minimum Gasteiger partial charge on any atom is -0.493 e. The number of carbonyl (C=O) groups excluding carboxylic acids is 1. The van der Waals surface area contributed by atoms with Crippen molar-refractivity contribution in [3.8, 4) is 5.75 Å². The Bertz CT molecular complexity index is 765. The van der Waals surface area contributed by atoms with E-state index in [0.717, 1.165) is 5.39 Å². The van der Waals surface area contributed by atoms with Gasteiger partial charge in [-0.1, -0.05) is 12.1 Å². The van der Waals surface area contributed by atoms with E-state index >= 15 is 0 Å². The third-order valence-electron chi connectivity index (χ3n) is 3.97. The van der Waals surface area contributed by atoms with Crippen LogP contribution in [0.5, 0.6) is 5.75 Å². The van der Waals surface area contributed by atoms with Gasteiger partial charge < -0.3 is 23.9 Å². The topological polar surface area (TPSA) is 89.2 Å². The number of nitrogens with zero attached hydrogens (tertiary/aromatic N) is 1. The summed E-state index contributed by atoms with van der Waals surface area (Å²) in [5, 5.41) is 9.84. The average molecular weight is 319 g/mol. The highest BCUT2D eigenvalue weighted by Crippen LogP contribution is 2.33. The number of amides is 1. The summed E-state index contributed by atoms with van der Waals surface area (Å²) in [6.07, 6.45) is -1.01. The Kier molecular flexibility index (Phi) is 3.96. The number of fused-ring (bicyclic) bond motifs is 1. The van der Waals surface area contributed by atoms with Crippen LogP contribution in [0.15, 0.2) is 22.6 Å². The van der Waals surface area contributed by atoms with Crippen LogP contribution in [0.1, 0.15) is 16.1 Å². The second kappa shape index (κ2) is 5.92. The molecule has 1 saturated heterocycles. The zero-order valence-electron chi connectivity index (χ0n) is 12.9. The summed E-state index contributed by atoms with van der Waals surface area (Å²) in [4.78, 5) is 25.2. The Morgan fingerprint density at radius 1 is 1.39 bits per heavy atom. The summed E-state index contributed by atoms with van der Waals surface area (Å²) >= 11 is 0. The largest absolute Gasteiger partial charge is 0.493 e. The minimum atomic E-state index is -1.08. The van der Waals surface area contributed by atoms with Gasteiger partial charge in [0.2, 0.25) is 0 Å².